The van der Waals surface area contributed by atoms with Crippen LogP contribution in [0.4, 0.5) is 0 Å². The smallest absolute Gasteiger partial charge is 0.221 e. The van der Waals surface area contributed by atoms with Crippen molar-refractivity contribution in [3.8, 4) is 0 Å². The van der Waals surface area contributed by atoms with Crippen LogP contribution in [0.5, 0.6) is 0 Å². The van der Waals surface area contributed by atoms with Crippen molar-refractivity contribution in [3.05, 3.63) is 24.3 Å². The Morgan fingerprint density at radius 3 is 1.85 bits per heavy atom. The van der Waals surface area contributed by atoms with Crippen molar-refractivity contribution in [1.82, 2.24) is 0 Å². The SMILES string of the molecule is CCCCCC/C=C\C=C\CCCCCCCC(=O)Cl. The lowest BCUT2D eigenvalue weighted by Gasteiger charge is -1.97. The zero-order valence-electron chi connectivity index (χ0n) is 13.1. The monoisotopic (exact) mass is 298 g/mol. The fourth-order valence-corrected chi connectivity index (χ4v) is 2.23. The van der Waals surface area contributed by atoms with Crippen molar-refractivity contribution in [1.29, 1.82) is 0 Å². The molecule has 20 heavy (non-hydrogen) atoms. The molecule has 0 aromatic carbocycles. The standard InChI is InChI=1S/C18H31ClO/c1-2-3-4-5-6-7-8-9-10-11-12-13-14-15-16-17-18(19)20/h7-10H,2-6,11-17H2,1H3/b8-7-,10-9+. The molecule has 116 valence electrons. The average Bonchev–Trinajstić information content (AvgIpc) is 2.43. The summed E-state index contributed by atoms with van der Waals surface area (Å²) >= 11 is 5.28. The summed E-state index contributed by atoms with van der Waals surface area (Å²) in [5.74, 6) is 0. The third kappa shape index (κ3) is 17.4. The molecule has 0 aromatic rings. The molecule has 0 fully saturated rings. The summed E-state index contributed by atoms with van der Waals surface area (Å²) < 4.78 is 0. The second kappa shape index (κ2) is 16.5. The van der Waals surface area contributed by atoms with Crippen molar-refractivity contribution in [2.45, 2.75) is 84.0 Å². The topological polar surface area (TPSA) is 17.1 Å². The van der Waals surface area contributed by atoms with Crippen molar-refractivity contribution in [2.24, 2.45) is 0 Å². The van der Waals surface area contributed by atoms with E-state index in [9.17, 15) is 4.79 Å². The van der Waals surface area contributed by atoms with Gasteiger partial charge in [0.2, 0.25) is 5.24 Å². The summed E-state index contributed by atoms with van der Waals surface area (Å²) in [5, 5.41) is -0.200. The van der Waals surface area contributed by atoms with Gasteiger partial charge in [-0.2, -0.15) is 0 Å². The molecule has 0 aliphatic carbocycles. The molecule has 0 aromatic heterocycles. The molecule has 0 spiro atoms. The van der Waals surface area contributed by atoms with Crippen LogP contribution in [0.2, 0.25) is 0 Å². The highest BCUT2D eigenvalue weighted by Crippen LogP contribution is 2.08. The summed E-state index contributed by atoms with van der Waals surface area (Å²) in [6.07, 6.45) is 22.9. The number of halogens is 1. The van der Waals surface area contributed by atoms with Crippen LogP contribution in [-0.2, 0) is 4.79 Å². The number of hydrogen-bond donors (Lipinski definition) is 0. The van der Waals surface area contributed by atoms with E-state index in [0.29, 0.717) is 6.42 Å². The van der Waals surface area contributed by atoms with E-state index in [1.807, 2.05) is 0 Å². The highest BCUT2D eigenvalue weighted by Gasteiger charge is 1.95. The van der Waals surface area contributed by atoms with Gasteiger partial charge in [-0.25, -0.2) is 0 Å². The zero-order valence-corrected chi connectivity index (χ0v) is 13.8. The number of carbonyl (C=O) groups is 1. The summed E-state index contributed by atoms with van der Waals surface area (Å²) in [6.45, 7) is 2.25. The maximum Gasteiger partial charge on any atom is 0.221 e. The van der Waals surface area contributed by atoms with Gasteiger partial charge in [-0.15, -0.1) is 0 Å². The number of carbonyl (C=O) groups excluding carboxylic acids is 1. The second-order valence-corrected chi connectivity index (χ2v) is 5.79. The van der Waals surface area contributed by atoms with Gasteiger partial charge in [0, 0.05) is 6.42 Å². The largest absolute Gasteiger partial charge is 0.281 e. The highest BCUT2D eigenvalue weighted by atomic mass is 35.5. The molecule has 1 nitrogen and oxygen atoms in total. The first kappa shape index (κ1) is 19.4. The van der Waals surface area contributed by atoms with Crippen LogP contribution >= 0.6 is 11.6 Å². The molecular formula is C18H31ClO. The Morgan fingerprint density at radius 2 is 1.30 bits per heavy atom. The normalized spacial score (nSPS) is 11.7. The predicted octanol–water partition coefficient (Wildman–Crippen LogP) is 6.57. The van der Waals surface area contributed by atoms with E-state index >= 15 is 0 Å². The summed E-state index contributed by atoms with van der Waals surface area (Å²) in [7, 11) is 0. The summed E-state index contributed by atoms with van der Waals surface area (Å²) in [5.41, 5.74) is 0. The second-order valence-electron chi connectivity index (χ2n) is 5.37. The summed E-state index contributed by atoms with van der Waals surface area (Å²) in [6, 6.07) is 0. The van der Waals surface area contributed by atoms with Gasteiger partial charge in [-0.1, -0.05) is 69.8 Å². The van der Waals surface area contributed by atoms with Crippen molar-refractivity contribution >= 4 is 16.8 Å². The lowest BCUT2D eigenvalue weighted by Crippen LogP contribution is -1.86. The van der Waals surface area contributed by atoms with E-state index < -0.39 is 0 Å². The van der Waals surface area contributed by atoms with Crippen LogP contribution in [0.15, 0.2) is 24.3 Å². The molecule has 0 amide bonds. The molecule has 0 saturated heterocycles. The third-order valence-electron chi connectivity index (χ3n) is 3.35. The van der Waals surface area contributed by atoms with Crippen LogP contribution in [0.25, 0.3) is 0 Å². The highest BCUT2D eigenvalue weighted by molar-refractivity contribution is 6.63. The number of rotatable bonds is 14. The molecule has 0 N–H and O–H groups in total. The maximum absolute atomic E-state index is 10.5. The fourth-order valence-electron chi connectivity index (χ4n) is 2.10. The molecule has 2 heteroatoms. The molecular weight excluding hydrogens is 268 g/mol. The van der Waals surface area contributed by atoms with Gasteiger partial charge in [0.1, 0.15) is 0 Å². The Bertz CT molecular complexity index is 269. The Balaban J connectivity index is 3.19. The van der Waals surface area contributed by atoms with E-state index in [1.54, 1.807) is 0 Å². The van der Waals surface area contributed by atoms with Gasteiger partial charge in [-0.05, 0) is 43.7 Å². The first-order valence-electron chi connectivity index (χ1n) is 8.27. The van der Waals surface area contributed by atoms with Crippen molar-refractivity contribution in [3.63, 3.8) is 0 Å². The van der Waals surface area contributed by atoms with E-state index in [2.05, 4.69) is 31.2 Å². The molecule has 0 atom stereocenters. The van der Waals surface area contributed by atoms with Crippen molar-refractivity contribution in [2.75, 3.05) is 0 Å². The van der Waals surface area contributed by atoms with Crippen LogP contribution in [-0.4, -0.2) is 5.24 Å². The van der Waals surface area contributed by atoms with E-state index in [0.717, 1.165) is 19.3 Å². The van der Waals surface area contributed by atoms with Crippen LogP contribution in [0, 0.1) is 0 Å². The van der Waals surface area contributed by atoms with Gasteiger partial charge >= 0.3 is 0 Å². The number of hydrogen-bond acceptors (Lipinski definition) is 1. The summed E-state index contributed by atoms with van der Waals surface area (Å²) in [4.78, 5) is 10.5. The first-order valence-corrected chi connectivity index (χ1v) is 8.65. The minimum Gasteiger partial charge on any atom is -0.281 e. The lowest BCUT2D eigenvalue weighted by molar-refractivity contribution is -0.111. The van der Waals surface area contributed by atoms with Crippen LogP contribution in [0.1, 0.15) is 84.0 Å². The fraction of sp³-hybridized carbons (Fsp3) is 0.722. The maximum atomic E-state index is 10.5. The minimum atomic E-state index is -0.200. The van der Waals surface area contributed by atoms with E-state index in [1.165, 1.54) is 51.4 Å². The molecule has 0 radical (unpaired) electrons. The Labute approximate surface area is 130 Å². The van der Waals surface area contributed by atoms with Gasteiger partial charge < -0.3 is 0 Å². The predicted molar refractivity (Wildman–Crippen MR) is 90.2 cm³/mol. The Hall–Kier alpha value is -0.560. The molecule has 0 unspecified atom stereocenters. The number of allylic oxidation sites excluding steroid dienone is 4. The van der Waals surface area contributed by atoms with E-state index in [4.69, 9.17) is 11.6 Å². The van der Waals surface area contributed by atoms with Gasteiger partial charge in [0.15, 0.2) is 0 Å². The lowest BCUT2D eigenvalue weighted by atomic mass is 10.1. The van der Waals surface area contributed by atoms with Gasteiger partial charge in [0.05, 0.1) is 0 Å². The molecule has 0 aliphatic rings. The van der Waals surface area contributed by atoms with Gasteiger partial charge in [-0.3, -0.25) is 4.79 Å². The molecule has 0 bridgehead atoms. The van der Waals surface area contributed by atoms with Crippen LogP contribution < -0.4 is 0 Å². The molecule has 0 rings (SSSR count). The third-order valence-corrected chi connectivity index (χ3v) is 3.54. The van der Waals surface area contributed by atoms with Crippen molar-refractivity contribution < 1.29 is 4.79 Å². The van der Waals surface area contributed by atoms with Gasteiger partial charge in [0.25, 0.3) is 0 Å². The minimum absolute atomic E-state index is 0.200. The molecule has 0 saturated carbocycles. The van der Waals surface area contributed by atoms with E-state index in [-0.39, 0.29) is 5.24 Å². The average molecular weight is 299 g/mol. The molecule has 0 heterocycles. The molecule has 0 aliphatic heterocycles. The van der Waals surface area contributed by atoms with Crippen LogP contribution in [0.3, 0.4) is 0 Å². The Morgan fingerprint density at radius 1 is 0.800 bits per heavy atom. The number of unbranched alkanes of at least 4 members (excludes halogenated alkanes) is 9. The zero-order chi connectivity index (χ0) is 14.9. The quantitative estimate of drug-likeness (QED) is 0.201. The Kier molecular flexibility index (Phi) is 16.0. The first-order chi connectivity index (χ1) is 9.77.